The molecule has 8 heteroatoms. The van der Waals surface area contributed by atoms with Crippen molar-refractivity contribution in [1.82, 2.24) is 0 Å². The third kappa shape index (κ3) is 3.63. The Hall–Kier alpha value is -0.980. The van der Waals surface area contributed by atoms with E-state index in [1.54, 1.807) is 6.08 Å². The quantitative estimate of drug-likeness (QED) is 0.300. The number of hydrogen-bond donors (Lipinski definition) is 4. The molecule has 7 atom stereocenters. The number of esters is 1. The Balaban J connectivity index is 1.97. The van der Waals surface area contributed by atoms with Gasteiger partial charge in [-0.05, 0) is 50.9 Å². The van der Waals surface area contributed by atoms with Gasteiger partial charge in [-0.2, -0.15) is 0 Å². The first-order valence-electron chi connectivity index (χ1n) is 10.6. The molecule has 1 saturated heterocycles. The lowest BCUT2D eigenvalue weighted by Crippen LogP contribution is -2.57. The summed E-state index contributed by atoms with van der Waals surface area (Å²) >= 11 is 0. The van der Waals surface area contributed by atoms with Gasteiger partial charge in [0.25, 0.3) is 0 Å². The van der Waals surface area contributed by atoms with E-state index >= 15 is 0 Å². The highest BCUT2D eigenvalue weighted by Gasteiger charge is 2.59. The van der Waals surface area contributed by atoms with Gasteiger partial charge in [-0.1, -0.05) is 38.2 Å². The van der Waals surface area contributed by atoms with Crippen molar-refractivity contribution in [2.45, 2.75) is 70.7 Å². The number of carbonyl (C=O) groups excluding carboxylic acids is 1. The summed E-state index contributed by atoms with van der Waals surface area (Å²) in [6.07, 6.45) is 5.72. The van der Waals surface area contributed by atoms with Gasteiger partial charge in [0.1, 0.15) is 11.3 Å². The zero-order valence-electron chi connectivity index (χ0n) is 18.2. The highest BCUT2D eigenvalue weighted by atomic mass is 31.2. The molecule has 7 nitrogen and oxygen atoms in total. The summed E-state index contributed by atoms with van der Waals surface area (Å²) in [5.74, 6) is -1.73. The van der Waals surface area contributed by atoms with Crippen LogP contribution in [0.4, 0.5) is 0 Å². The zero-order valence-corrected chi connectivity index (χ0v) is 19.1. The highest BCUT2D eigenvalue weighted by Crippen LogP contribution is 2.61. The lowest BCUT2D eigenvalue weighted by Gasteiger charge is -2.59. The average Bonchev–Trinajstić information content (AvgIpc) is 2.86. The van der Waals surface area contributed by atoms with Crippen LogP contribution in [0.15, 0.2) is 24.3 Å². The fourth-order valence-electron chi connectivity index (χ4n) is 6.47. The molecular weight excluding hydrogens is 407 g/mol. The zero-order chi connectivity index (χ0) is 22.7. The number of rotatable bonds is 4. The normalized spacial score (nSPS) is 44.2. The molecule has 3 aliphatic rings. The standard InChI is InChI=1S/C22H35O7P/c1-13-6-9-16-21(4,11-10-17(24)22(16,5)12-23)15(13)8-7-14-18(30(26,27)28)20(2,3)29-19(14)25/h7-8,14-18,23-24H,1,6,9-12H2,2-5H3,(H2,26,27,28). The van der Waals surface area contributed by atoms with Gasteiger partial charge in [0.2, 0.25) is 0 Å². The van der Waals surface area contributed by atoms with Crippen molar-refractivity contribution in [2.75, 3.05) is 6.61 Å². The molecule has 1 aliphatic heterocycles. The van der Waals surface area contributed by atoms with Gasteiger partial charge < -0.3 is 24.7 Å². The van der Waals surface area contributed by atoms with Gasteiger partial charge in [-0.3, -0.25) is 9.36 Å². The van der Waals surface area contributed by atoms with E-state index in [1.165, 1.54) is 13.8 Å². The first-order chi connectivity index (χ1) is 13.7. The molecule has 0 radical (unpaired) electrons. The van der Waals surface area contributed by atoms with Crippen LogP contribution in [0.1, 0.15) is 53.4 Å². The topological polar surface area (TPSA) is 124 Å². The Kier molecular flexibility index (Phi) is 5.97. The summed E-state index contributed by atoms with van der Waals surface area (Å²) < 4.78 is 17.4. The number of allylic oxidation sites excluding steroid dienone is 2. The minimum atomic E-state index is -4.58. The van der Waals surface area contributed by atoms with E-state index in [-0.39, 0.29) is 23.9 Å². The van der Waals surface area contributed by atoms with Crippen molar-refractivity contribution >= 4 is 13.6 Å². The van der Waals surface area contributed by atoms with Crippen molar-refractivity contribution in [3.63, 3.8) is 0 Å². The van der Waals surface area contributed by atoms with Gasteiger partial charge in [-0.25, -0.2) is 0 Å². The van der Waals surface area contributed by atoms with Crippen molar-refractivity contribution in [1.29, 1.82) is 0 Å². The van der Waals surface area contributed by atoms with Crippen LogP contribution < -0.4 is 0 Å². The molecule has 0 aromatic rings. The monoisotopic (exact) mass is 442 g/mol. The molecule has 2 saturated carbocycles. The van der Waals surface area contributed by atoms with Gasteiger partial charge in [-0.15, -0.1) is 0 Å². The highest BCUT2D eigenvalue weighted by molar-refractivity contribution is 7.52. The molecular formula is C22H35O7P. The molecule has 3 rings (SSSR count). The second-order valence-electron chi connectivity index (χ2n) is 10.4. The van der Waals surface area contributed by atoms with E-state index in [0.717, 1.165) is 24.8 Å². The average molecular weight is 442 g/mol. The molecule has 3 fully saturated rings. The Bertz CT molecular complexity index is 799. The molecule has 2 aliphatic carbocycles. The van der Waals surface area contributed by atoms with Crippen LogP contribution in [-0.2, 0) is 14.1 Å². The van der Waals surface area contributed by atoms with Crippen molar-refractivity contribution < 1.29 is 34.1 Å². The van der Waals surface area contributed by atoms with Crippen LogP contribution in [0.2, 0.25) is 0 Å². The lowest BCUT2D eigenvalue weighted by molar-refractivity contribution is -0.147. The Morgan fingerprint density at radius 1 is 1.20 bits per heavy atom. The minimum absolute atomic E-state index is 0.0588. The van der Waals surface area contributed by atoms with E-state index in [0.29, 0.717) is 6.42 Å². The molecule has 4 N–H and O–H groups in total. The van der Waals surface area contributed by atoms with E-state index in [4.69, 9.17) is 4.74 Å². The van der Waals surface area contributed by atoms with Crippen LogP contribution in [-0.4, -0.2) is 49.9 Å². The van der Waals surface area contributed by atoms with Crippen LogP contribution in [0, 0.1) is 28.6 Å². The van der Waals surface area contributed by atoms with Gasteiger partial charge >= 0.3 is 13.6 Å². The van der Waals surface area contributed by atoms with Crippen LogP contribution in [0.5, 0.6) is 0 Å². The predicted octanol–water partition coefficient (Wildman–Crippen LogP) is 2.78. The number of carbonyl (C=O) groups is 1. The molecule has 7 unspecified atom stereocenters. The summed E-state index contributed by atoms with van der Waals surface area (Å²) in [6.45, 7) is 11.2. The van der Waals surface area contributed by atoms with Gasteiger partial charge in [0, 0.05) is 11.3 Å². The Labute approximate surface area is 178 Å². The summed E-state index contributed by atoms with van der Waals surface area (Å²) in [7, 11) is -4.58. The maximum absolute atomic E-state index is 12.5. The largest absolute Gasteiger partial charge is 0.458 e. The van der Waals surface area contributed by atoms with Crippen molar-refractivity contribution in [2.24, 2.45) is 28.6 Å². The number of aliphatic hydroxyl groups excluding tert-OH is 2. The second kappa shape index (κ2) is 7.56. The number of fused-ring (bicyclic) bond motifs is 1. The second-order valence-corrected chi connectivity index (χ2v) is 12.2. The molecule has 30 heavy (non-hydrogen) atoms. The fourth-order valence-corrected chi connectivity index (χ4v) is 7.97. The van der Waals surface area contributed by atoms with Gasteiger partial charge in [0.05, 0.1) is 18.6 Å². The summed E-state index contributed by atoms with van der Waals surface area (Å²) in [5.41, 5.74) is -2.41. The smallest absolute Gasteiger partial charge is 0.333 e. The van der Waals surface area contributed by atoms with Crippen molar-refractivity contribution in [3.8, 4) is 0 Å². The fraction of sp³-hybridized carbons (Fsp3) is 0.773. The molecule has 170 valence electrons. The van der Waals surface area contributed by atoms with E-state index < -0.39 is 42.3 Å². The third-order valence-electron chi connectivity index (χ3n) is 8.12. The van der Waals surface area contributed by atoms with E-state index in [9.17, 15) is 29.4 Å². The van der Waals surface area contributed by atoms with E-state index in [1.807, 2.05) is 13.0 Å². The number of hydrogen-bond acceptors (Lipinski definition) is 5. The van der Waals surface area contributed by atoms with Crippen molar-refractivity contribution in [3.05, 3.63) is 24.3 Å². The molecule has 0 amide bonds. The van der Waals surface area contributed by atoms with Crippen LogP contribution in [0.25, 0.3) is 0 Å². The Morgan fingerprint density at radius 3 is 2.40 bits per heavy atom. The van der Waals surface area contributed by atoms with Crippen LogP contribution >= 0.6 is 7.60 Å². The number of cyclic esters (lactones) is 1. The summed E-state index contributed by atoms with van der Waals surface area (Å²) in [5, 5.41) is 20.7. The minimum Gasteiger partial charge on any atom is -0.458 e. The maximum atomic E-state index is 12.5. The maximum Gasteiger partial charge on any atom is 0.333 e. The first kappa shape index (κ1) is 23.7. The summed E-state index contributed by atoms with van der Waals surface area (Å²) in [4.78, 5) is 32.2. The first-order valence-corrected chi connectivity index (χ1v) is 12.3. The SMILES string of the molecule is C=C1CCC2C(C)(CO)C(O)CCC2(C)C1C=CC1C(=O)OC(C)(C)C1P(=O)(O)O. The molecule has 0 aromatic heterocycles. The number of aliphatic hydroxyl groups is 2. The molecule has 0 aromatic carbocycles. The molecule has 0 spiro atoms. The Morgan fingerprint density at radius 2 is 1.83 bits per heavy atom. The third-order valence-corrected chi connectivity index (χ3v) is 9.78. The number of ether oxygens (including phenoxy) is 1. The lowest BCUT2D eigenvalue weighted by atomic mass is 9.46. The van der Waals surface area contributed by atoms with Crippen LogP contribution in [0.3, 0.4) is 0 Å². The summed E-state index contributed by atoms with van der Waals surface area (Å²) in [6, 6.07) is 0. The van der Waals surface area contributed by atoms with E-state index in [2.05, 4.69) is 13.5 Å². The molecule has 0 bridgehead atoms. The predicted molar refractivity (Wildman–Crippen MR) is 113 cm³/mol. The van der Waals surface area contributed by atoms with Gasteiger partial charge in [0.15, 0.2) is 0 Å². The molecule has 1 heterocycles.